The fraction of sp³-hybridized carbons (Fsp3) is 0.700. The Morgan fingerprint density at radius 2 is 2.13 bits per heavy atom. The van der Waals surface area contributed by atoms with Crippen molar-refractivity contribution in [1.82, 2.24) is 5.06 Å². The van der Waals surface area contributed by atoms with E-state index in [1.54, 1.807) is 25.3 Å². The number of rotatable bonds is 7. The molecule has 0 unspecified atom stereocenters. The van der Waals surface area contributed by atoms with Crippen LogP contribution in [0, 0.1) is 0 Å². The zero-order valence-electron chi connectivity index (χ0n) is 9.86. The van der Waals surface area contributed by atoms with Gasteiger partial charge in [-0.1, -0.05) is 0 Å². The minimum atomic E-state index is -0.0316. The molecule has 0 aliphatic heterocycles. The van der Waals surface area contributed by atoms with Crippen LogP contribution in [0.25, 0.3) is 0 Å². The van der Waals surface area contributed by atoms with E-state index in [1.165, 1.54) is 0 Å². The second kappa shape index (κ2) is 8.40. The SMILES string of the molecule is CON(C)CCO/C(C)=C/N=C(C)CO. The van der Waals surface area contributed by atoms with Gasteiger partial charge >= 0.3 is 0 Å². The fourth-order valence-electron chi connectivity index (χ4n) is 0.706. The van der Waals surface area contributed by atoms with Gasteiger partial charge in [-0.3, -0.25) is 4.99 Å². The van der Waals surface area contributed by atoms with Crippen molar-refractivity contribution in [2.75, 3.05) is 33.9 Å². The third kappa shape index (κ3) is 8.11. The summed E-state index contributed by atoms with van der Waals surface area (Å²) >= 11 is 0. The molecule has 5 heteroatoms. The largest absolute Gasteiger partial charge is 0.495 e. The van der Waals surface area contributed by atoms with Gasteiger partial charge in [0.05, 0.1) is 26.5 Å². The molecule has 0 spiro atoms. The Labute approximate surface area is 91.0 Å². The first-order valence-electron chi connectivity index (χ1n) is 4.79. The quantitative estimate of drug-likeness (QED) is 0.389. The summed E-state index contributed by atoms with van der Waals surface area (Å²) in [5.74, 6) is 0.715. The lowest BCUT2D eigenvalue weighted by atomic mass is 10.4. The topological polar surface area (TPSA) is 54.3 Å². The maximum absolute atomic E-state index is 8.70. The molecule has 0 heterocycles. The summed E-state index contributed by atoms with van der Waals surface area (Å²) in [6.45, 7) is 4.77. The highest BCUT2D eigenvalue weighted by molar-refractivity contribution is 5.83. The van der Waals surface area contributed by atoms with Gasteiger partial charge in [0.2, 0.25) is 0 Å². The maximum Gasteiger partial charge on any atom is 0.111 e. The molecule has 0 aromatic heterocycles. The number of nitrogens with zero attached hydrogens (tertiary/aromatic N) is 2. The van der Waals surface area contributed by atoms with E-state index in [0.29, 0.717) is 24.6 Å². The van der Waals surface area contributed by atoms with E-state index >= 15 is 0 Å². The molecule has 0 aromatic carbocycles. The van der Waals surface area contributed by atoms with Crippen LogP contribution < -0.4 is 0 Å². The molecule has 0 bridgehead atoms. The van der Waals surface area contributed by atoms with Crippen molar-refractivity contribution >= 4 is 5.71 Å². The van der Waals surface area contributed by atoms with Crippen molar-refractivity contribution in [2.45, 2.75) is 13.8 Å². The molecule has 0 saturated heterocycles. The maximum atomic E-state index is 8.70. The van der Waals surface area contributed by atoms with Crippen LogP contribution in [0.1, 0.15) is 13.8 Å². The van der Waals surface area contributed by atoms with Crippen LogP contribution in [0.15, 0.2) is 17.0 Å². The van der Waals surface area contributed by atoms with Crippen LogP contribution in [-0.2, 0) is 9.57 Å². The summed E-state index contributed by atoms with van der Waals surface area (Å²) in [4.78, 5) is 8.92. The highest BCUT2D eigenvalue weighted by Crippen LogP contribution is 1.96. The van der Waals surface area contributed by atoms with Crippen LogP contribution in [0.3, 0.4) is 0 Å². The third-order valence-electron chi connectivity index (χ3n) is 1.74. The Balaban J connectivity index is 3.78. The molecule has 0 saturated carbocycles. The van der Waals surface area contributed by atoms with E-state index in [9.17, 15) is 0 Å². The van der Waals surface area contributed by atoms with Crippen LogP contribution in [0.2, 0.25) is 0 Å². The number of hydrogen-bond donors (Lipinski definition) is 1. The van der Waals surface area contributed by atoms with Gasteiger partial charge in [-0.25, -0.2) is 0 Å². The van der Waals surface area contributed by atoms with Crippen molar-refractivity contribution in [1.29, 1.82) is 0 Å². The molecule has 0 radical (unpaired) electrons. The molecule has 0 aromatic rings. The highest BCUT2D eigenvalue weighted by Gasteiger charge is 1.95. The van der Waals surface area contributed by atoms with Crippen LogP contribution in [0.4, 0.5) is 0 Å². The van der Waals surface area contributed by atoms with Gasteiger partial charge in [0.15, 0.2) is 0 Å². The minimum absolute atomic E-state index is 0.0316. The molecule has 1 N–H and O–H groups in total. The smallest absolute Gasteiger partial charge is 0.111 e. The van der Waals surface area contributed by atoms with Crippen LogP contribution in [-0.4, -0.2) is 49.8 Å². The second-order valence-electron chi connectivity index (χ2n) is 3.14. The van der Waals surface area contributed by atoms with E-state index < -0.39 is 0 Å². The van der Waals surface area contributed by atoms with Gasteiger partial charge in [0.1, 0.15) is 12.4 Å². The molecule has 0 aliphatic carbocycles. The predicted octanol–water partition coefficient (Wildman–Crippen LogP) is 0.811. The van der Waals surface area contributed by atoms with Crippen molar-refractivity contribution in [3.63, 3.8) is 0 Å². The number of aliphatic imine (C=N–C) groups is 1. The first-order chi connectivity index (χ1) is 7.10. The molecule has 0 atom stereocenters. The molecule has 0 fully saturated rings. The number of hydrogen-bond acceptors (Lipinski definition) is 5. The van der Waals surface area contributed by atoms with Gasteiger partial charge in [-0.05, 0) is 13.8 Å². The van der Waals surface area contributed by atoms with Crippen LogP contribution in [0.5, 0.6) is 0 Å². The number of ether oxygens (including phenoxy) is 1. The van der Waals surface area contributed by atoms with Gasteiger partial charge in [-0.2, -0.15) is 5.06 Å². The van der Waals surface area contributed by atoms with E-state index in [2.05, 4.69) is 4.99 Å². The molecule has 88 valence electrons. The number of allylic oxidation sites excluding steroid dienone is 1. The average Bonchev–Trinajstić information content (AvgIpc) is 2.25. The first kappa shape index (κ1) is 14.1. The Morgan fingerprint density at radius 3 is 2.67 bits per heavy atom. The average molecular weight is 216 g/mol. The lowest BCUT2D eigenvalue weighted by Crippen LogP contribution is -2.21. The summed E-state index contributed by atoms with van der Waals surface area (Å²) in [6.07, 6.45) is 1.60. The number of aliphatic hydroxyl groups excluding tert-OH is 1. The zero-order chi connectivity index (χ0) is 11.7. The lowest BCUT2D eigenvalue weighted by molar-refractivity contribution is -0.116. The second-order valence-corrected chi connectivity index (χ2v) is 3.14. The summed E-state index contributed by atoms with van der Waals surface area (Å²) in [6, 6.07) is 0. The van der Waals surface area contributed by atoms with Crippen LogP contribution >= 0.6 is 0 Å². The van der Waals surface area contributed by atoms with Crippen molar-refractivity contribution in [2.24, 2.45) is 4.99 Å². The summed E-state index contributed by atoms with van der Waals surface area (Å²) in [5, 5.41) is 10.4. The van der Waals surface area contributed by atoms with Gasteiger partial charge in [0, 0.05) is 12.8 Å². The van der Waals surface area contributed by atoms with E-state index in [1.807, 2.05) is 14.0 Å². The number of hydroxylamine groups is 2. The van der Waals surface area contributed by atoms with E-state index in [0.717, 1.165) is 0 Å². The summed E-state index contributed by atoms with van der Waals surface area (Å²) in [7, 11) is 3.44. The first-order valence-corrected chi connectivity index (χ1v) is 4.79. The Bertz CT molecular complexity index is 227. The number of likely N-dealkylation sites (N-methyl/N-ethyl adjacent to an activating group) is 1. The molecule has 0 rings (SSSR count). The molecular weight excluding hydrogens is 196 g/mol. The summed E-state index contributed by atoms with van der Waals surface area (Å²) in [5.41, 5.74) is 0.659. The highest BCUT2D eigenvalue weighted by atomic mass is 16.7. The Morgan fingerprint density at radius 1 is 1.47 bits per heavy atom. The van der Waals surface area contributed by atoms with Crippen molar-refractivity contribution in [3.05, 3.63) is 12.0 Å². The molecule has 15 heavy (non-hydrogen) atoms. The van der Waals surface area contributed by atoms with Crippen molar-refractivity contribution in [3.8, 4) is 0 Å². The van der Waals surface area contributed by atoms with Gasteiger partial charge in [0.25, 0.3) is 0 Å². The minimum Gasteiger partial charge on any atom is -0.495 e. The Kier molecular flexibility index (Phi) is 7.89. The van der Waals surface area contributed by atoms with Gasteiger partial charge < -0.3 is 14.7 Å². The normalized spacial score (nSPS) is 13.5. The zero-order valence-corrected chi connectivity index (χ0v) is 9.86. The predicted molar refractivity (Wildman–Crippen MR) is 59.5 cm³/mol. The van der Waals surface area contributed by atoms with Gasteiger partial charge in [-0.15, -0.1) is 0 Å². The fourth-order valence-corrected chi connectivity index (χ4v) is 0.706. The van der Waals surface area contributed by atoms with E-state index in [-0.39, 0.29) is 6.61 Å². The number of aliphatic hydroxyl groups is 1. The van der Waals surface area contributed by atoms with E-state index in [4.69, 9.17) is 14.7 Å². The summed E-state index contributed by atoms with van der Waals surface area (Å²) < 4.78 is 5.36. The standard InChI is InChI=1S/C10H20N2O3/c1-9(8-13)11-7-10(2)15-6-5-12(3)14-4/h7,13H,5-6,8H2,1-4H3/b10-7+,11-9?. The Hall–Kier alpha value is -0.910. The molecular formula is C10H20N2O3. The lowest BCUT2D eigenvalue weighted by Gasteiger charge is -2.13. The molecule has 0 aliphatic rings. The third-order valence-corrected chi connectivity index (χ3v) is 1.74. The molecule has 0 amide bonds. The monoisotopic (exact) mass is 216 g/mol. The molecule has 5 nitrogen and oxygen atoms in total. The van der Waals surface area contributed by atoms with Crippen molar-refractivity contribution < 1.29 is 14.7 Å².